The SMILES string of the molecule is CCCN(CC(=O)OC)Cc1ccnc(Cl)c1. The van der Waals surface area contributed by atoms with Gasteiger partial charge in [-0.3, -0.25) is 9.69 Å². The van der Waals surface area contributed by atoms with Crippen molar-refractivity contribution in [3.05, 3.63) is 29.0 Å². The Kier molecular flexibility index (Phi) is 5.94. The molecule has 1 aromatic heterocycles. The fourth-order valence-electron chi connectivity index (χ4n) is 1.58. The van der Waals surface area contributed by atoms with Crippen LogP contribution in [0.1, 0.15) is 18.9 Å². The van der Waals surface area contributed by atoms with E-state index < -0.39 is 0 Å². The van der Waals surface area contributed by atoms with Crippen LogP contribution in [0, 0.1) is 0 Å². The van der Waals surface area contributed by atoms with Crippen molar-refractivity contribution in [1.82, 2.24) is 9.88 Å². The molecule has 0 spiro atoms. The van der Waals surface area contributed by atoms with Crippen molar-refractivity contribution >= 4 is 17.6 Å². The van der Waals surface area contributed by atoms with Gasteiger partial charge in [-0.05, 0) is 30.7 Å². The summed E-state index contributed by atoms with van der Waals surface area (Å²) in [6.07, 6.45) is 2.65. The molecule has 17 heavy (non-hydrogen) atoms. The number of halogens is 1. The maximum Gasteiger partial charge on any atom is 0.319 e. The van der Waals surface area contributed by atoms with E-state index in [1.807, 2.05) is 17.0 Å². The monoisotopic (exact) mass is 256 g/mol. The van der Waals surface area contributed by atoms with E-state index in [1.165, 1.54) is 7.11 Å². The van der Waals surface area contributed by atoms with E-state index in [2.05, 4.69) is 16.6 Å². The van der Waals surface area contributed by atoms with Gasteiger partial charge in [0.1, 0.15) is 5.15 Å². The van der Waals surface area contributed by atoms with Crippen LogP contribution in [-0.4, -0.2) is 36.1 Å². The molecule has 0 atom stereocenters. The molecule has 4 nitrogen and oxygen atoms in total. The van der Waals surface area contributed by atoms with Crippen LogP contribution in [0.3, 0.4) is 0 Å². The van der Waals surface area contributed by atoms with Crippen molar-refractivity contribution in [3.63, 3.8) is 0 Å². The molecule has 94 valence electrons. The molecule has 0 saturated heterocycles. The number of pyridine rings is 1. The molecule has 0 aliphatic carbocycles. The van der Waals surface area contributed by atoms with E-state index in [0.717, 1.165) is 18.5 Å². The summed E-state index contributed by atoms with van der Waals surface area (Å²) < 4.78 is 4.67. The molecule has 0 aromatic carbocycles. The zero-order valence-electron chi connectivity index (χ0n) is 10.1. The number of ether oxygens (including phenoxy) is 1. The molecule has 0 fully saturated rings. The maximum absolute atomic E-state index is 11.3. The lowest BCUT2D eigenvalue weighted by Gasteiger charge is -2.20. The summed E-state index contributed by atoms with van der Waals surface area (Å²) in [5, 5.41) is 0.469. The number of carbonyl (C=O) groups excluding carboxylic acids is 1. The lowest BCUT2D eigenvalue weighted by molar-refractivity contribution is -0.142. The van der Waals surface area contributed by atoms with Crippen molar-refractivity contribution in [2.45, 2.75) is 19.9 Å². The van der Waals surface area contributed by atoms with Crippen molar-refractivity contribution in [2.75, 3.05) is 20.2 Å². The third-order valence-electron chi connectivity index (χ3n) is 2.32. The number of methoxy groups -OCH3 is 1. The summed E-state index contributed by atoms with van der Waals surface area (Å²) in [5.41, 5.74) is 1.04. The van der Waals surface area contributed by atoms with Gasteiger partial charge in [0, 0.05) is 12.7 Å². The Bertz CT molecular complexity index is 371. The van der Waals surface area contributed by atoms with Crippen LogP contribution in [0.25, 0.3) is 0 Å². The van der Waals surface area contributed by atoms with Crippen LogP contribution >= 0.6 is 11.6 Å². The highest BCUT2D eigenvalue weighted by Crippen LogP contribution is 2.10. The molecule has 1 rings (SSSR count). The summed E-state index contributed by atoms with van der Waals surface area (Å²) >= 11 is 5.82. The molecule has 0 aliphatic heterocycles. The van der Waals surface area contributed by atoms with Gasteiger partial charge in [-0.15, -0.1) is 0 Å². The molecule has 1 heterocycles. The van der Waals surface area contributed by atoms with Gasteiger partial charge in [-0.2, -0.15) is 0 Å². The molecule has 1 aromatic rings. The molecule has 0 N–H and O–H groups in total. The molecule has 0 amide bonds. The summed E-state index contributed by atoms with van der Waals surface area (Å²) in [6.45, 7) is 3.88. The highest BCUT2D eigenvalue weighted by atomic mass is 35.5. The first-order chi connectivity index (χ1) is 8.15. The minimum absolute atomic E-state index is 0.224. The Balaban J connectivity index is 2.62. The van der Waals surface area contributed by atoms with Crippen molar-refractivity contribution in [1.29, 1.82) is 0 Å². The minimum Gasteiger partial charge on any atom is -0.468 e. The molecular formula is C12H17ClN2O2. The van der Waals surface area contributed by atoms with Gasteiger partial charge >= 0.3 is 5.97 Å². The van der Waals surface area contributed by atoms with Crippen molar-refractivity contribution < 1.29 is 9.53 Å². The first-order valence-corrected chi connectivity index (χ1v) is 5.93. The van der Waals surface area contributed by atoms with Gasteiger partial charge < -0.3 is 4.74 Å². The van der Waals surface area contributed by atoms with E-state index >= 15 is 0 Å². The second kappa shape index (κ2) is 7.25. The van der Waals surface area contributed by atoms with Crippen LogP contribution in [0.4, 0.5) is 0 Å². The summed E-state index contributed by atoms with van der Waals surface area (Å²) in [5.74, 6) is -0.224. The molecule has 0 radical (unpaired) electrons. The number of esters is 1. The normalized spacial score (nSPS) is 10.6. The number of hydrogen-bond donors (Lipinski definition) is 0. The average Bonchev–Trinajstić information content (AvgIpc) is 2.29. The van der Waals surface area contributed by atoms with Crippen LogP contribution in [0.15, 0.2) is 18.3 Å². The second-order valence-electron chi connectivity index (χ2n) is 3.77. The molecule has 0 aliphatic rings. The number of nitrogens with zero attached hydrogens (tertiary/aromatic N) is 2. The Morgan fingerprint density at radius 1 is 1.59 bits per heavy atom. The lowest BCUT2D eigenvalue weighted by Crippen LogP contribution is -2.30. The van der Waals surface area contributed by atoms with Gasteiger partial charge in [-0.1, -0.05) is 18.5 Å². The topological polar surface area (TPSA) is 42.4 Å². The van der Waals surface area contributed by atoms with Crippen molar-refractivity contribution in [3.8, 4) is 0 Å². The Morgan fingerprint density at radius 3 is 2.94 bits per heavy atom. The highest BCUT2D eigenvalue weighted by Gasteiger charge is 2.10. The van der Waals surface area contributed by atoms with Crippen molar-refractivity contribution in [2.24, 2.45) is 0 Å². The van der Waals surface area contributed by atoms with E-state index in [9.17, 15) is 4.79 Å². The molecule has 0 saturated carbocycles. The fraction of sp³-hybridized carbons (Fsp3) is 0.500. The number of hydrogen-bond acceptors (Lipinski definition) is 4. The predicted octanol–water partition coefficient (Wildman–Crippen LogP) is 2.12. The van der Waals surface area contributed by atoms with Crippen LogP contribution in [0.5, 0.6) is 0 Å². The number of carbonyl (C=O) groups is 1. The molecule has 5 heteroatoms. The molecular weight excluding hydrogens is 240 g/mol. The zero-order chi connectivity index (χ0) is 12.7. The van der Waals surface area contributed by atoms with E-state index in [4.69, 9.17) is 11.6 Å². The quantitative estimate of drug-likeness (QED) is 0.578. The van der Waals surface area contributed by atoms with Gasteiger partial charge in [0.05, 0.1) is 13.7 Å². The highest BCUT2D eigenvalue weighted by molar-refractivity contribution is 6.29. The maximum atomic E-state index is 11.3. The summed E-state index contributed by atoms with van der Waals surface area (Å²) in [7, 11) is 1.40. The van der Waals surface area contributed by atoms with E-state index in [1.54, 1.807) is 6.20 Å². The van der Waals surface area contributed by atoms with E-state index in [0.29, 0.717) is 18.2 Å². The Labute approximate surface area is 107 Å². The Morgan fingerprint density at radius 2 is 2.35 bits per heavy atom. The fourth-order valence-corrected chi connectivity index (χ4v) is 1.77. The van der Waals surface area contributed by atoms with Crippen LogP contribution < -0.4 is 0 Å². The average molecular weight is 257 g/mol. The Hall–Kier alpha value is -1.13. The third-order valence-corrected chi connectivity index (χ3v) is 2.52. The summed E-state index contributed by atoms with van der Waals surface area (Å²) in [4.78, 5) is 17.2. The first-order valence-electron chi connectivity index (χ1n) is 5.55. The zero-order valence-corrected chi connectivity index (χ0v) is 10.9. The van der Waals surface area contributed by atoms with E-state index in [-0.39, 0.29) is 5.97 Å². The first kappa shape index (κ1) is 13.9. The van der Waals surface area contributed by atoms with Gasteiger partial charge in [-0.25, -0.2) is 4.98 Å². The van der Waals surface area contributed by atoms with Gasteiger partial charge in [0.25, 0.3) is 0 Å². The van der Waals surface area contributed by atoms with Crippen LogP contribution in [-0.2, 0) is 16.1 Å². The molecule has 0 bridgehead atoms. The minimum atomic E-state index is -0.224. The third kappa shape index (κ3) is 5.15. The standard InChI is InChI=1S/C12H17ClN2O2/c1-3-6-15(9-12(16)17-2)8-10-4-5-14-11(13)7-10/h4-5,7H,3,6,8-9H2,1-2H3. The predicted molar refractivity (Wildman–Crippen MR) is 66.8 cm³/mol. The lowest BCUT2D eigenvalue weighted by atomic mass is 10.2. The molecule has 0 unspecified atom stereocenters. The number of aromatic nitrogens is 1. The van der Waals surface area contributed by atoms with Gasteiger partial charge in [0.15, 0.2) is 0 Å². The summed E-state index contributed by atoms with van der Waals surface area (Å²) in [6, 6.07) is 3.70. The second-order valence-corrected chi connectivity index (χ2v) is 4.16. The number of rotatable bonds is 6. The van der Waals surface area contributed by atoms with Crippen LogP contribution in [0.2, 0.25) is 5.15 Å². The smallest absolute Gasteiger partial charge is 0.319 e. The van der Waals surface area contributed by atoms with Gasteiger partial charge in [0.2, 0.25) is 0 Å². The largest absolute Gasteiger partial charge is 0.468 e.